The van der Waals surface area contributed by atoms with Crippen molar-refractivity contribution in [2.75, 3.05) is 5.32 Å². The molecule has 3 rings (SSSR count). The fraction of sp³-hybridized carbons (Fsp3) is 0.250. The van der Waals surface area contributed by atoms with Crippen LogP contribution in [0.3, 0.4) is 0 Å². The third-order valence-corrected chi connectivity index (χ3v) is 3.42. The van der Waals surface area contributed by atoms with E-state index in [0.29, 0.717) is 0 Å². The molecular weight excluding hydrogens is 241 g/mol. The minimum absolute atomic E-state index is 0.101. The number of fused-ring (bicyclic) bond motifs is 1. The lowest BCUT2D eigenvalue weighted by molar-refractivity contribution is 0.177. The maximum atomic E-state index is 13.0. The van der Waals surface area contributed by atoms with Gasteiger partial charge in [0.15, 0.2) is 0 Å². The normalized spacial score (nSPS) is 21.2. The van der Waals surface area contributed by atoms with Gasteiger partial charge in [0.1, 0.15) is 17.7 Å². The summed E-state index contributed by atoms with van der Waals surface area (Å²) in [5, 5.41) is 3.45. The molecule has 19 heavy (non-hydrogen) atoms. The van der Waals surface area contributed by atoms with Crippen molar-refractivity contribution in [3.8, 4) is 5.75 Å². The standard InChI is InChI=1S/C16H16FNO/c1-10-3-8-15-14(9-10)18-11(2)16(19-15)12-4-6-13(17)7-5-12/h3-9,11,16,18H,1-2H3. The molecule has 0 aliphatic carbocycles. The molecule has 0 fully saturated rings. The summed E-state index contributed by atoms with van der Waals surface area (Å²) in [4.78, 5) is 0. The first-order chi connectivity index (χ1) is 9.13. The number of benzene rings is 2. The van der Waals surface area contributed by atoms with Gasteiger partial charge < -0.3 is 10.1 Å². The molecule has 2 nitrogen and oxygen atoms in total. The molecule has 2 aromatic carbocycles. The Hall–Kier alpha value is -2.03. The van der Waals surface area contributed by atoms with Gasteiger partial charge in [0.05, 0.1) is 11.7 Å². The SMILES string of the molecule is Cc1ccc2c(c1)NC(C)C(c1ccc(F)cc1)O2. The fourth-order valence-corrected chi connectivity index (χ4v) is 2.43. The average Bonchev–Trinajstić information content (AvgIpc) is 2.39. The average molecular weight is 257 g/mol. The third-order valence-electron chi connectivity index (χ3n) is 3.42. The minimum atomic E-state index is -0.226. The smallest absolute Gasteiger partial charge is 0.144 e. The third kappa shape index (κ3) is 2.28. The summed E-state index contributed by atoms with van der Waals surface area (Å²) in [6.45, 7) is 4.12. The lowest BCUT2D eigenvalue weighted by Crippen LogP contribution is -2.32. The van der Waals surface area contributed by atoms with Gasteiger partial charge in [-0.05, 0) is 49.2 Å². The van der Waals surface area contributed by atoms with Gasteiger partial charge in [-0.25, -0.2) is 4.39 Å². The second kappa shape index (κ2) is 4.57. The number of hydrogen-bond acceptors (Lipinski definition) is 2. The van der Waals surface area contributed by atoms with E-state index in [0.717, 1.165) is 17.0 Å². The molecule has 0 radical (unpaired) electrons. The number of rotatable bonds is 1. The lowest BCUT2D eigenvalue weighted by Gasteiger charge is -2.33. The molecule has 0 spiro atoms. The molecule has 2 aromatic rings. The molecule has 3 heteroatoms. The maximum absolute atomic E-state index is 13.0. The van der Waals surface area contributed by atoms with E-state index in [1.807, 2.05) is 12.1 Å². The van der Waals surface area contributed by atoms with Crippen molar-refractivity contribution >= 4 is 5.69 Å². The van der Waals surface area contributed by atoms with Crippen LogP contribution in [-0.4, -0.2) is 6.04 Å². The zero-order valence-corrected chi connectivity index (χ0v) is 11.0. The maximum Gasteiger partial charge on any atom is 0.144 e. The van der Waals surface area contributed by atoms with Crippen molar-refractivity contribution < 1.29 is 9.13 Å². The predicted octanol–water partition coefficient (Wildman–Crippen LogP) is 4.07. The van der Waals surface area contributed by atoms with Crippen LogP contribution < -0.4 is 10.1 Å². The van der Waals surface area contributed by atoms with E-state index >= 15 is 0 Å². The summed E-state index contributed by atoms with van der Waals surface area (Å²) >= 11 is 0. The highest BCUT2D eigenvalue weighted by molar-refractivity contribution is 5.60. The Kier molecular flexibility index (Phi) is 2.90. The van der Waals surface area contributed by atoms with Crippen LogP contribution in [0.15, 0.2) is 42.5 Å². The molecule has 98 valence electrons. The number of hydrogen-bond donors (Lipinski definition) is 1. The second-order valence-corrected chi connectivity index (χ2v) is 5.02. The first kappa shape index (κ1) is 12.0. The highest BCUT2D eigenvalue weighted by atomic mass is 19.1. The Balaban J connectivity index is 1.93. The van der Waals surface area contributed by atoms with E-state index in [1.54, 1.807) is 12.1 Å². The zero-order valence-electron chi connectivity index (χ0n) is 11.0. The summed E-state index contributed by atoms with van der Waals surface area (Å²) < 4.78 is 19.0. The van der Waals surface area contributed by atoms with Gasteiger partial charge in [0.2, 0.25) is 0 Å². The summed E-state index contributed by atoms with van der Waals surface area (Å²) in [6.07, 6.45) is -0.101. The van der Waals surface area contributed by atoms with Crippen molar-refractivity contribution in [3.05, 3.63) is 59.4 Å². The van der Waals surface area contributed by atoms with Gasteiger partial charge in [-0.3, -0.25) is 0 Å². The molecule has 0 bridgehead atoms. The largest absolute Gasteiger partial charge is 0.481 e. The number of aryl methyl sites for hydroxylation is 1. The Morgan fingerprint density at radius 2 is 1.84 bits per heavy atom. The molecule has 0 saturated carbocycles. The Morgan fingerprint density at radius 1 is 1.11 bits per heavy atom. The summed E-state index contributed by atoms with van der Waals surface area (Å²) in [6, 6.07) is 12.7. The van der Waals surface area contributed by atoms with E-state index in [1.165, 1.54) is 17.7 Å². The molecule has 1 heterocycles. The van der Waals surface area contributed by atoms with E-state index in [-0.39, 0.29) is 18.0 Å². The summed E-state index contributed by atoms with van der Waals surface area (Å²) in [5.41, 5.74) is 3.20. The quantitative estimate of drug-likeness (QED) is 0.831. The minimum Gasteiger partial charge on any atom is -0.481 e. The topological polar surface area (TPSA) is 21.3 Å². The summed E-state index contributed by atoms with van der Waals surface area (Å²) in [5.74, 6) is 0.620. The van der Waals surface area contributed by atoms with Crippen molar-refractivity contribution in [1.29, 1.82) is 0 Å². The van der Waals surface area contributed by atoms with Crippen LogP contribution in [0.25, 0.3) is 0 Å². The molecule has 0 saturated heterocycles. The van der Waals surface area contributed by atoms with Crippen molar-refractivity contribution in [2.24, 2.45) is 0 Å². The van der Waals surface area contributed by atoms with Gasteiger partial charge in [-0.15, -0.1) is 0 Å². The van der Waals surface area contributed by atoms with Crippen LogP contribution in [-0.2, 0) is 0 Å². The number of nitrogens with one attached hydrogen (secondary N) is 1. The van der Waals surface area contributed by atoms with Crippen LogP contribution >= 0.6 is 0 Å². The van der Waals surface area contributed by atoms with Crippen molar-refractivity contribution in [1.82, 2.24) is 0 Å². The lowest BCUT2D eigenvalue weighted by atomic mass is 10.0. The van der Waals surface area contributed by atoms with Gasteiger partial charge in [-0.2, -0.15) is 0 Å². The fourth-order valence-electron chi connectivity index (χ4n) is 2.43. The molecule has 0 aromatic heterocycles. The van der Waals surface area contributed by atoms with Gasteiger partial charge in [0, 0.05) is 0 Å². The van der Waals surface area contributed by atoms with Crippen LogP contribution in [0.4, 0.5) is 10.1 Å². The zero-order chi connectivity index (χ0) is 13.4. The second-order valence-electron chi connectivity index (χ2n) is 5.02. The first-order valence-electron chi connectivity index (χ1n) is 6.43. The highest BCUT2D eigenvalue weighted by Crippen LogP contribution is 2.37. The van der Waals surface area contributed by atoms with E-state index in [9.17, 15) is 4.39 Å². The number of halogens is 1. The molecule has 1 N–H and O–H groups in total. The first-order valence-corrected chi connectivity index (χ1v) is 6.43. The van der Waals surface area contributed by atoms with E-state index in [4.69, 9.17) is 4.74 Å². The molecule has 1 aliphatic rings. The van der Waals surface area contributed by atoms with Gasteiger partial charge in [0.25, 0.3) is 0 Å². The van der Waals surface area contributed by atoms with Crippen LogP contribution in [0.5, 0.6) is 5.75 Å². The molecule has 0 amide bonds. The monoisotopic (exact) mass is 257 g/mol. The van der Waals surface area contributed by atoms with E-state index in [2.05, 4.69) is 25.2 Å². The summed E-state index contributed by atoms with van der Waals surface area (Å²) in [7, 11) is 0. The Morgan fingerprint density at radius 3 is 2.58 bits per heavy atom. The van der Waals surface area contributed by atoms with Gasteiger partial charge in [-0.1, -0.05) is 18.2 Å². The van der Waals surface area contributed by atoms with Crippen LogP contribution in [0, 0.1) is 12.7 Å². The highest BCUT2D eigenvalue weighted by Gasteiger charge is 2.27. The molecular formula is C16H16FNO. The molecule has 1 aliphatic heterocycles. The van der Waals surface area contributed by atoms with Crippen molar-refractivity contribution in [2.45, 2.75) is 26.0 Å². The Bertz CT molecular complexity index is 594. The van der Waals surface area contributed by atoms with Crippen LogP contribution in [0.1, 0.15) is 24.2 Å². The van der Waals surface area contributed by atoms with E-state index < -0.39 is 0 Å². The van der Waals surface area contributed by atoms with Crippen LogP contribution in [0.2, 0.25) is 0 Å². The molecule has 2 atom stereocenters. The number of ether oxygens (including phenoxy) is 1. The predicted molar refractivity (Wildman–Crippen MR) is 74.0 cm³/mol. The van der Waals surface area contributed by atoms with Crippen molar-refractivity contribution in [3.63, 3.8) is 0 Å². The Labute approximate surface area is 112 Å². The van der Waals surface area contributed by atoms with Gasteiger partial charge >= 0.3 is 0 Å². The molecule has 2 unspecified atom stereocenters. The number of anilines is 1.